The van der Waals surface area contributed by atoms with E-state index >= 15 is 0 Å². The molecule has 1 fully saturated rings. The minimum atomic E-state index is 0.129. The summed E-state index contributed by atoms with van der Waals surface area (Å²) in [5, 5.41) is 0. The van der Waals surface area contributed by atoms with E-state index in [0.29, 0.717) is 12.5 Å². The number of piperidine rings is 1. The molecule has 0 radical (unpaired) electrons. The standard InChI is InChI=1S/C27H29N3O2/c31-26(30-14-6-10-24(30)17-21-7-2-1-3-8-21)20-28-15-12-22(13-16-28)18-29-19-23-9-4-5-11-25(23)27(29)32/h1-11,14,22H,12-13,15-20H2. The number of rotatable bonds is 6. The Labute approximate surface area is 189 Å². The Balaban J connectivity index is 1.12. The van der Waals surface area contributed by atoms with Gasteiger partial charge < -0.3 is 4.90 Å². The summed E-state index contributed by atoms with van der Waals surface area (Å²) in [4.78, 5) is 29.9. The van der Waals surface area contributed by atoms with Crippen LogP contribution in [0.3, 0.4) is 0 Å². The van der Waals surface area contributed by atoms with E-state index in [9.17, 15) is 9.59 Å². The maximum absolute atomic E-state index is 13.0. The number of nitrogens with zero attached hydrogens (tertiary/aromatic N) is 3. The van der Waals surface area contributed by atoms with E-state index in [0.717, 1.165) is 62.3 Å². The Morgan fingerprint density at radius 3 is 2.44 bits per heavy atom. The Kier molecular flexibility index (Phi) is 5.91. The van der Waals surface area contributed by atoms with Gasteiger partial charge in [0.2, 0.25) is 5.91 Å². The minimum Gasteiger partial charge on any atom is -0.334 e. The number of fused-ring (bicyclic) bond motifs is 1. The molecule has 1 aromatic heterocycles. The summed E-state index contributed by atoms with van der Waals surface area (Å²) in [6.07, 6.45) is 4.68. The van der Waals surface area contributed by atoms with Crippen LogP contribution in [0.1, 0.15) is 44.8 Å². The van der Waals surface area contributed by atoms with Gasteiger partial charge in [-0.2, -0.15) is 0 Å². The van der Waals surface area contributed by atoms with Crippen molar-refractivity contribution < 1.29 is 9.59 Å². The monoisotopic (exact) mass is 427 g/mol. The molecule has 3 heterocycles. The van der Waals surface area contributed by atoms with Gasteiger partial charge in [-0.25, -0.2) is 0 Å². The molecule has 5 rings (SSSR count). The molecule has 2 aromatic carbocycles. The molecule has 2 aliphatic heterocycles. The second kappa shape index (κ2) is 9.13. The molecule has 0 saturated carbocycles. The van der Waals surface area contributed by atoms with Crippen LogP contribution in [0.2, 0.25) is 0 Å². The second-order valence-electron chi connectivity index (χ2n) is 8.99. The smallest absolute Gasteiger partial charge is 0.254 e. The summed E-state index contributed by atoms with van der Waals surface area (Å²) in [5.74, 6) is 0.793. The first kappa shape index (κ1) is 20.7. The number of likely N-dealkylation sites (tertiary alicyclic amines) is 1. The van der Waals surface area contributed by atoms with Crippen molar-refractivity contribution in [2.75, 3.05) is 26.2 Å². The van der Waals surface area contributed by atoms with Gasteiger partial charge in [-0.15, -0.1) is 0 Å². The number of carbonyl (C=O) groups is 2. The summed E-state index contributed by atoms with van der Waals surface area (Å²) in [7, 11) is 0. The fourth-order valence-electron chi connectivity index (χ4n) is 4.98. The Bertz CT molecular complexity index is 1100. The highest BCUT2D eigenvalue weighted by Crippen LogP contribution is 2.26. The van der Waals surface area contributed by atoms with Gasteiger partial charge in [0.1, 0.15) is 0 Å². The number of hydrogen-bond acceptors (Lipinski definition) is 3. The van der Waals surface area contributed by atoms with Crippen LogP contribution in [0, 0.1) is 5.92 Å². The van der Waals surface area contributed by atoms with E-state index in [-0.39, 0.29) is 11.8 Å². The van der Waals surface area contributed by atoms with Gasteiger partial charge >= 0.3 is 0 Å². The third-order valence-electron chi connectivity index (χ3n) is 6.77. The highest BCUT2D eigenvalue weighted by Gasteiger charge is 2.30. The third-order valence-corrected chi connectivity index (χ3v) is 6.77. The molecule has 0 N–H and O–H groups in total. The van der Waals surface area contributed by atoms with Crippen molar-refractivity contribution in [2.45, 2.75) is 25.8 Å². The quantitative estimate of drug-likeness (QED) is 0.595. The van der Waals surface area contributed by atoms with Gasteiger partial charge in [-0.05, 0) is 61.2 Å². The maximum Gasteiger partial charge on any atom is 0.254 e. The zero-order valence-electron chi connectivity index (χ0n) is 18.3. The first-order chi connectivity index (χ1) is 15.7. The summed E-state index contributed by atoms with van der Waals surface area (Å²) < 4.78 is 1.80. The van der Waals surface area contributed by atoms with Gasteiger partial charge in [0.25, 0.3) is 5.91 Å². The van der Waals surface area contributed by atoms with Crippen molar-refractivity contribution in [2.24, 2.45) is 5.92 Å². The van der Waals surface area contributed by atoms with Gasteiger partial charge in [0.15, 0.2) is 0 Å². The van der Waals surface area contributed by atoms with E-state index in [1.54, 1.807) is 4.57 Å². The van der Waals surface area contributed by atoms with Crippen LogP contribution in [-0.2, 0) is 13.0 Å². The van der Waals surface area contributed by atoms with Crippen molar-refractivity contribution in [3.05, 3.63) is 95.3 Å². The Morgan fingerprint density at radius 1 is 0.906 bits per heavy atom. The van der Waals surface area contributed by atoms with Crippen LogP contribution in [0.5, 0.6) is 0 Å². The summed E-state index contributed by atoms with van der Waals surface area (Å²) >= 11 is 0. The van der Waals surface area contributed by atoms with Crippen LogP contribution >= 0.6 is 0 Å². The summed E-state index contributed by atoms with van der Waals surface area (Å²) in [6.45, 7) is 3.79. The maximum atomic E-state index is 13.0. The molecular formula is C27H29N3O2. The molecule has 164 valence electrons. The van der Waals surface area contributed by atoms with E-state index in [1.807, 2.05) is 59.6 Å². The molecule has 0 aliphatic carbocycles. The molecule has 32 heavy (non-hydrogen) atoms. The highest BCUT2D eigenvalue weighted by atomic mass is 16.2. The fraction of sp³-hybridized carbons (Fsp3) is 0.333. The first-order valence-corrected chi connectivity index (χ1v) is 11.5. The zero-order valence-corrected chi connectivity index (χ0v) is 18.3. The molecule has 5 heteroatoms. The lowest BCUT2D eigenvalue weighted by Crippen LogP contribution is -2.41. The van der Waals surface area contributed by atoms with Crippen LogP contribution in [0.15, 0.2) is 72.9 Å². The number of aromatic nitrogens is 1. The topological polar surface area (TPSA) is 45.6 Å². The summed E-state index contributed by atoms with van der Waals surface area (Å²) in [6, 6.07) is 22.2. The Hall–Kier alpha value is -3.18. The predicted molar refractivity (Wildman–Crippen MR) is 125 cm³/mol. The lowest BCUT2D eigenvalue weighted by atomic mass is 9.96. The largest absolute Gasteiger partial charge is 0.334 e. The molecule has 5 nitrogen and oxygen atoms in total. The number of carbonyl (C=O) groups excluding carboxylic acids is 2. The van der Waals surface area contributed by atoms with Gasteiger partial charge in [-0.3, -0.25) is 19.1 Å². The molecule has 0 unspecified atom stereocenters. The van der Waals surface area contributed by atoms with Crippen LogP contribution in [0.4, 0.5) is 0 Å². The summed E-state index contributed by atoms with van der Waals surface area (Å²) in [5.41, 5.74) is 4.23. The molecule has 3 aromatic rings. The van der Waals surface area contributed by atoms with Gasteiger partial charge in [-0.1, -0.05) is 48.5 Å². The zero-order chi connectivity index (χ0) is 21.9. The highest BCUT2D eigenvalue weighted by molar-refractivity contribution is 5.98. The van der Waals surface area contributed by atoms with Gasteiger partial charge in [0.05, 0.1) is 6.54 Å². The van der Waals surface area contributed by atoms with E-state index < -0.39 is 0 Å². The molecule has 1 saturated heterocycles. The number of amides is 1. The molecule has 0 spiro atoms. The molecule has 0 bridgehead atoms. The minimum absolute atomic E-state index is 0.129. The number of benzene rings is 2. The average Bonchev–Trinajstić information content (AvgIpc) is 3.40. The van der Waals surface area contributed by atoms with Crippen molar-refractivity contribution in [1.29, 1.82) is 0 Å². The van der Waals surface area contributed by atoms with E-state index in [1.165, 1.54) is 5.56 Å². The average molecular weight is 428 g/mol. The van der Waals surface area contributed by atoms with Crippen molar-refractivity contribution in [3.63, 3.8) is 0 Å². The second-order valence-corrected chi connectivity index (χ2v) is 8.99. The normalized spacial score (nSPS) is 17.0. The number of hydrogen-bond donors (Lipinski definition) is 0. The van der Waals surface area contributed by atoms with Crippen molar-refractivity contribution >= 4 is 11.8 Å². The molecular weight excluding hydrogens is 398 g/mol. The van der Waals surface area contributed by atoms with Crippen molar-refractivity contribution in [1.82, 2.24) is 14.4 Å². The van der Waals surface area contributed by atoms with Crippen LogP contribution < -0.4 is 0 Å². The van der Waals surface area contributed by atoms with Crippen LogP contribution in [-0.4, -0.2) is 52.4 Å². The molecule has 0 atom stereocenters. The fourth-order valence-corrected chi connectivity index (χ4v) is 4.98. The van der Waals surface area contributed by atoms with E-state index in [2.05, 4.69) is 23.1 Å². The Morgan fingerprint density at radius 2 is 1.66 bits per heavy atom. The molecule has 1 amide bonds. The lowest BCUT2D eigenvalue weighted by Gasteiger charge is -2.33. The van der Waals surface area contributed by atoms with Gasteiger partial charge in [0, 0.05) is 37.0 Å². The molecule has 2 aliphatic rings. The third kappa shape index (κ3) is 4.39. The van der Waals surface area contributed by atoms with Crippen LogP contribution in [0.25, 0.3) is 0 Å². The lowest BCUT2D eigenvalue weighted by molar-refractivity contribution is 0.0697. The first-order valence-electron chi connectivity index (χ1n) is 11.5. The van der Waals surface area contributed by atoms with E-state index in [4.69, 9.17) is 0 Å². The predicted octanol–water partition coefficient (Wildman–Crippen LogP) is 4.09. The van der Waals surface area contributed by atoms with Crippen molar-refractivity contribution in [3.8, 4) is 0 Å². The SMILES string of the molecule is O=C1c2ccccc2CN1CC1CCN(CC(=O)n2cccc2Cc2ccccc2)CC1.